The predicted octanol–water partition coefficient (Wildman–Crippen LogP) is 6.83. The lowest BCUT2D eigenvalue weighted by Gasteiger charge is -2.32. The monoisotopic (exact) mass is 643 g/mol. The minimum Gasteiger partial charge on any atom is -0.354 e. The summed E-state index contributed by atoms with van der Waals surface area (Å²) >= 11 is 24.9. The van der Waals surface area contributed by atoms with E-state index in [0.717, 1.165) is 17.1 Å². The van der Waals surface area contributed by atoms with Gasteiger partial charge in [0.05, 0.1) is 25.7 Å². The lowest BCUT2D eigenvalue weighted by Crippen LogP contribution is -2.51. The van der Waals surface area contributed by atoms with Crippen molar-refractivity contribution in [1.82, 2.24) is 10.2 Å². The maximum absolute atomic E-state index is 13.9. The zero-order valence-corrected chi connectivity index (χ0v) is 25.8. The minimum absolute atomic E-state index is 0.0272. The molecule has 0 aromatic heterocycles. The Balaban J connectivity index is 2.04. The van der Waals surface area contributed by atoms with Crippen LogP contribution in [0.1, 0.15) is 32.3 Å². The SMILES string of the molecule is CCCCNC(=O)[C@H](C)N(Cc1ccc(Cl)c(Cl)c1)C(=O)CN(c1cc(Cl)ccc1Cl)S(=O)(=O)c1ccccc1. The summed E-state index contributed by atoms with van der Waals surface area (Å²) in [5.41, 5.74) is 0.634. The van der Waals surface area contributed by atoms with Crippen LogP contribution in [0.5, 0.6) is 0 Å². The first kappa shape index (κ1) is 32.0. The van der Waals surface area contributed by atoms with Gasteiger partial charge in [0.1, 0.15) is 12.6 Å². The van der Waals surface area contributed by atoms with Crippen molar-refractivity contribution in [1.29, 1.82) is 0 Å². The van der Waals surface area contributed by atoms with E-state index < -0.39 is 28.5 Å². The highest BCUT2D eigenvalue weighted by Gasteiger charge is 2.33. The highest BCUT2D eigenvalue weighted by atomic mass is 35.5. The van der Waals surface area contributed by atoms with Crippen LogP contribution >= 0.6 is 46.4 Å². The Labute approximate surface area is 255 Å². The molecule has 0 aliphatic heterocycles. The van der Waals surface area contributed by atoms with Gasteiger partial charge in [-0.15, -0.1) is 0 Å². The molecule has 0 spiro atoms. The van der Waals surface area contributed by atoms with Crippen LogP contribution in [0.2, 0.25) is 20.1 Å². The first-order valence-corrected chi connectivity index (χ1v) is 15.4. The van der Waals surface area contributed by atoms with Crippen LogP contribution in [0.4, 0.5) is 5.69 Å². The number of carbonyl (C=O) groups excluding carboxylic acids is 2. The van der Waals surface area contributed by atoms with Crippen LogP contribution in [0, 0.1) is 0 Å². The number of sulfonamides is 1. The summed E-state index contributed by atoms with van der Waals surface area (Å²) in [6, 6.07) is 15.9. The van der Waals surface area contributed by atoms with Crippen LogP contribution in [0.25, 0.3) is 0 Å². The van der Waals surface area contributed by atoms with Gasteiger partial charge >= 0.3 is 0 Å². The third-order valence-corrected chi connectivity index (χ3v) is 9.19. The Hall–Kier alpha value is -2.49. The van der Waals surface area contributed by atoms with Crippen LogP contribution in [-0.2, 0) is 26.2 Å². The molecule has 7 nitrogen and oxygen atoms in total. The molecule has 0 aliphatic carbocycles. The van der Waals surface area contributed by atoms with E-state index in [9.17, 15) is 18.0 Å². The van der Waals surface area contributed by atoms with E-state index in [-0.39, 0.29) is 38.1 Å². The normalized spacial score (nSPS) is 12.1. The Bertz CT molecular complexity index is 1460. The molecule has 1 atom stereocenters. The molecule has 0 fully saturated rings. The average Bonchev–Trinajstić information content (AvgIpc) is 2.93. The highest BCUT2D eigenvalue weighted by Crippen LogP contribution is 2.33. The second kappa shape index (κ2) is 14.4. The fourth-order valence-electron chi connectivity index (χ4n) is 3.86. The van der Waals surface area contributed by atoms with Gasteiger partial charge in [-0.1, -0.05) is 84.0 Å². The Morgan fingerprint density at radius 1 is 0.900 bits per heavy atom. The van der Waals surface area contributed by atoms with Gasteiger partial charge in [-0.05, 0) is 61.4 Å². The molecule has 1 N–H and O–H groups in total. The van der Waals surface area contributed by atoms with Crippen molar-refractivity contribution >= 4 is 73.9 Å². The highest BCUT2D eigenvalue weighted by molar-refractivity contribution is 7.92. The number of hydrogen-bond acceptors (Lipinski definition) is 4. The third-order valence-electron chi connectivity index (χ3n) is 6.12. The number of benzene rings is 3. The van der Waals surface area contributed by atoms with Crippen LogP contribution in [0.3, 0.4) is 0 Å². The molecule has 2 amide bonds. The van der Waals surface area contributed by atoms with Gasteiger partial charge in [0.15, 0.2) is 0 Å². The average molecular weight is 645 g/mol. The van der Waals surface area contributed by atoms with Crippen LogP contribution in [0.15, 0.2) is 71.6 Å². The van der Waals surface area contributed by atoms with E-state index in [1.165, 1.54) is 35.2 Å². The summed E-state index contributed by atoms with van der Waals surface area (Å²) in [5.74, 6) is -1.01. The van der Waals surface area contributed by atoms with E-state index in [2.05, 4.69) is 5.32 Å². The number of carbonyl (C=O) groups is 2. The van der Waals surface area contributed by atoms with Gasteiger partial charge in [-0.3, -0.25) is 13.9 Å². The molecular weight excluding hydrogens is 616 g/mol. The van der Waals surface area contributed by atoms with Gasteiger partial charge in [0, 0.05) is 18.1 Å². The predicted molar refractivity (Wildman–Crippen MR) is 162 cm³/mol. The van der Waals surface area contributed by atoms with E-state index in [1.807, 2.05) is 6.92 Å². The van der Waals surface area contributed by atoms with Crippen molar-refractivity contribution in [3.8, 4) is 0 Å². The van der Waals surface area contributed by atoms with Crippen molar-refractivity contribution in [2.75, 3.05) is 17.4 Å². The molecule has 0 heterocycles. The smallest absolute Gasteiger partial charge is 0.264 e. The Morgan fingerprint density at radius 3 is 2.23 bits per heavy atom. The maximum atomic E-state index is 13.9. The van der Waals surface area contributed by atoms with Gasteiger partial charge in [-0.2, -0.15) is 0 Å². The van der Waals surface area contributed by atoms with E-state index in [4.69, 9.17) is 46.4 Å². The zero-order chi connectivity index (χ0) is 29.4. The molecule has 0 unspecified atom stereocenters. The Kier molecular flexibility index (Phi) is 11.5. The molecule has 3 aromatic rings. The van der Waals surface area contributed by atoms with Gasteiger partial charge < -0.3 is 10.2 Å². The fraction of sp³-hybridized carbons (Fsp3) is 0.286. The molecule has 3 aromatic carbocycles. The number of hydrogen-bond donors (Lipinski definition) is 1. The number of amides is 2. The van der Waals surface area contributed by atoms with Crippen molar-refractivity contribution in [3.63, 3.8) is 0 Å². The quantitative estimate of drug-likeness (QED) is 0.219. The van der Waals surface area contributed by atoms with Crippen molar-refractivity contribution in [2.45, 2.75) is 44.2 Å². The molecule has 0 bridgehead atoms. The largest absolute Gasteiger partial charge is 0.354 e. The summed E-state index contributed by atoms with van der Waals surface area (Å²) in [6.45, 7) is 3.35. The summed E-state index contributed by atoms with van der Waals surface area (Å²) in [5, 5.41) is 3.77. The van der Waals surface area contributed by atoms with E-state index in [0.29, 0.717) is 17.1 Å². The van der Waals surface area contributed by atoms with Crippen molar-refractivity contribution < 1.29 is 18.0 Å². The summed E-state index contributed by atoms with van der Waals surface area (Å²) in [6.07, 6.45) is 1.66. The lowest BCUT2D eigenvalue weighted by molar-refractivity contribution is -0.139. The molecule has 0 radical (unpaired) electrons. The topological polar surface area (TPSA) is 86.8 Å². The second-order valence-corrected chi connectivity index (χ2v) is 12.5. The van der Waals surface area contributed by atoms with Crippen molar-refractivity contribution in [3.05, 3.63) is 92.4 Å². The Morgan fingerprint density at radius 2 is 1.57 bits per heavy atom. The summed E-state index contributed by atoms with van der Waals surface area (Å²) in [4.78, 5) is 28.2. The molecule has 12 heteroatoms. The first-order valence-electron chi connectivity index (χ1n) is 12.5. The molecule has 0 saturated heterocycles. The fourth-order valence-corrected chi connectivity index (χ4v) is 6.07. The third kappa shape index (κ3) is 8.04. The summed E-state index contributed by atoms with van der Waals surface area (Å²) in [7, 11) is -4.27. The summed E-state index contributed by atoms with van der Waals surface area (Å²) < 4.78 is 28.5. The van der Waals surface area contributed by atoms with E-state index >= 15 is 0 Å². The minimum atomic E-state index is -4.27. The number of anilines is 1. The molecule has 3 rings (SSSR count). The second-order valence-electron chi connectivity index (χ2n) is 9.01. The standard InChI is InChI=1S/C28H29Cl4N3O4S/c1-3-4-14-33-28(37)19(2)34(17-20-10-12-23(30)25(32)15-20)27(36)18-35(26-16-21(29)11-13-24(26)31)40(38,39)22-8-6-5-7-9-22/h5-13,15-16,19H,3-4,14,17-18H2,1-2H3,(H,33,37)/t19-/m0/s1. The van der Waals surface area contributed by atoms with Gasteiger partial charge in [-0.25, -0.2) is 8.42 Å². The van der Waals surface area contributed by atoms with E-state index in [1.54, 1.807) is 43.3 Å². The van der Waals surface area contributed by atoms with Crippen molar-refractivity contribution in [2.24, 2.45) is 0 Å². The number of halogens is 4. The first-order chi connectivity index (χ1) is 18.9. The number of nitrogens with zero attached hydrogens (tertiary/aromatic N) is 2. The molecular formula is C28H29Cl4N3O4S. The number of nitrogens with one attached hydrogen (secondary N) is 1. The molecule has 214 valence electrons. The lowest BCUT2D eigenvalue weighted by atomic mass is 10.1. The van der Waals surface area contributed by atoms with Crippen LogP contribution < -0.4 is 9.62 Å². The van der Waals surface area contributed by atoms with Gasteiger partial charge in [0.2, 0.25) is 11.8 Å². The zero-order valence-electron chi connectivity index (χ0n) is 21.9. The number of rotatable bonds is 12. The number of unbranched alkanes of at least 4 members (excludes halogenated alkanes) is 1. The molecule has 0 saturated carbocycles. The molecule has 40 heavy (non-hydrogen) atoms. The maximum Gasteiger partial charge on any atom is 0.264 e. The molecule has 0 aliphatic rings. The van der Waals surface area contributed by atoms with Gasteiger partial charge in [0.25, 0.3) is 10.0 Å². The van der Waals surface area contributed by atoms with Crippen LogP contribution in [-0.4, -0.2) is 44.3 Å².